The molecule has 2 aliphatic heterocycles. The average molecular weight is 610 g/mol. The molecule has 2 saturated carbocycles. The van der Waals surface area contributed by atoms with Gasteiger partial charge in [-0.05, 0) is 104 Å². The molecule has 1 saturated heterocycles. The molecule has 234 valence electrons. The summed E-state index contributed by atoms with van der Waals surface area (Å²) >= 11 is 0. The predicted molar refractivity (Wildman–Crippen MR) is 147 cm³/mol. The third-order valence-electron chi connectivity index (χ3n) is 10.4. The Morgan fingerprint density at radius 1 is 0.977 bits per heavy atom. The van der Waals surface area contributed by atoms with Crippen LogP contribution in [0.3, 0.4) is 0 Å². The Morgan fingerprint density at radius 3 is 2.33 bits per heavy atom. The van der Waals surface area contributed by atoms with E-state index in [0.29, 0.717) is 30.7 Å². The lowest BCUT2D eigenvalue weighted by atomic mass is 9.81. The average Bonchev–Trinajstić information content (AvgIpc) is 3.59. The molecule has 7 atom stereocenters. The smallest absolute Gasteiger partial charge is 0.416 e. The number of hydrogen-bond donors (Lipinski definition) is 0. The molecule has 0 amide bonds. The van der Waals surface area contributed by atoms with Gasteiger partial charge in [0.1, 0.15) is 11.9 Å². The van der Waals surface area contributed by atoms with Crippen molar-refractivity contribution in [1.29, 1.82) is 0 Å². The second-order valence-corrected chi connectivity index (χ2v) is 13.0. The molecule has 2 aliphatic carbocycles. The van der Waals surface area contributed by atoms with E-state index in [1.54, 1.807) is 6.92 Å². The molecule has 4 aliphatic rings. The summed E-state index contributed by atoms with van der Waals surface area (Å²) in [7, 11) is 1.41. The largest absolute Gasteiger partial charge is 0.490 e. The number of fused-ring (bicyclic) bond motifs is 3. The highest BCUT2D eigenvalue weighted by molar-refractivity contribution is 5.73. The number of aryl methyl sites for hydroxylation is 1. The molecule has 3 fully saturated rings. The number of likely N-dealkylation sites (tertiary alicyclic amines) is 1. The van der Waals surface area contributed by atoms with E-state index >= 15 is 0 Å². The van der Waals surface area contributed by atoms with Gasteiger partial charge in [-0.2, -0.15) is 26.3 Å². The van der Waals surface area contributed by atoms with Gasteiger partial charge >= 0.3 is 18.3 Å². The van der Waals surface area contributed by atoms with Crippen molar-refractivity contribution in [1.82, 2.24) is 4.90 Å². The minimum atomic E-state index is -4.75. The third kappa shape index (κ3) is 5.76. The Morgan fingerprint density at radius 2 is 1.72 bits per heavy atom. The van der Waals surface area contributed by atoms with Gasteiger partial charge in [0, 0.05) is 24.5 Å². The maximum absolute atomic E-state index is 13.8. The summed E-state index contributed by atoms with van der Waals surface area (Å²) in [6.45, 7) is 4.02. The number of benzene rings is 2. The van der Waals surface area contributed by atoms with Crippen molar-refractivity contribution in [3.63, 3.8) is 0 Å². The molecule has 43 heavy (non-hydrogen) atoms. The van der Waals surface area contributed by atoms with Crippen LogP contribution in [0.2, 0.25) is 0 Å². The predicted octanol–water partition coefficient (Wildman–Crippen LogP) is 8.19. The standard InChI is InChI=1S/C33H37F6NO3/c1-17(31(41)42-3)30(20-5-6-20)21-7-4-19-8-11-28(43-29(19)13-21)26-15-24-12-22(26)16-40(24)18(2)25-14-23(32(34,35)36)9-10-27(25)33(37,38)39/h4,7,9-10,13-14,17-18,20,22,24,26,28,30H,5-6,8,11-12,15-16H2,1-3H3/t17-,18?,22?,24?,26?,28?,30-/m0/s1. The lowest BCUT2D eigenvalue weighted by Gasteiger charge is -2.40. The van der Waals surface area contributed by atoms with Crippen molar-refractivity contribution in [3.05, 3.63) is 64.2 Å². The molecule has 4 nitrogen and oxygen atoms in total. The molecule has 0 radical (unpaired) electrons. The van der Waals surface area contributed by atoms with Gasteiger partial charge < -0.3 is 9.47 Å². The first-order valence-electron chi connectivity index (χ1n) is 15.2. The number of rotatable bonds is 7. The number of ether oxygens (including phenoxy) is 2. The van der Waals surface area contributed by atoms with Gasteiger partial charge in [-0.25, -0.2) is 0 Å². The highest BCUT2D eigenvalue weighted by atomic mass is 19.4. The first-order chi connectivity index (χ1) is 20.3. The fourth-order valence-electron chi connectivity index (χ4n) is 8.15. The maximum Gasteiger partial charge on any atom is 0.416 e. The van der Waals surface area contributed by atoms with Crippen LogP contribution in [0.4, 0.5) is 26.3 Å². The zero-order chi connectivity index (χ0) is 30.8. The first kappa shape index (κ1) is 30.3. The molecule has 2 heterocycles. The van der Waals surface area contributed by atoms with Crippen molar-refractivity contribution in [2.75, 3.05) is 13.7 Å². The highest BCUT2D eigenvalue weighted by Crippen LogP contribution is 2.52. The normalized spacial score (nSPS) is 27.7. The van der Waals surface area contributed by atoms with Crippen LogP contribution < -0.4 is 4.74 Å². The zero-order valence-corrected chi connectivity index (χ0v) is 24.5. The van der Waals surface area contributed by atoms with Crippen LogP contribution >= 0.6 is 0 Å². The lowest BCUT2D eigenvalue weighted by molar-refractivity contribution is -0.146. The van der Waals surface area contributed by atoms with Crippen LogP contribution in [0.5, 0.6) is 5.75 Å². The topological polar surface area (TPSA) is 38.8 Å². The Kier molecular flexibility index (Phi) is 7.75. The van der Waals surface area contributed by atoms with Crippen molar-refractivity contribution >= 4 is 5.97 Å². The van der Waals surface area contributed by atoms with Crippen molar-refractivity contribution < 1.29 is 40.6 Å². The van der Waals surface area contributed by atoms with Gasteiger partial charge in [0.05, 0.1) is 24.2 Å². The second-order valence-electron chi connectivity index (χ2n) is 13.0. The van der Waals surface area contributed by atoms with Gasteiger partial charge in [0.2, 0.25) is 0 Å². The number of methoxy groups -OCH3 is 1. The monoisotopic (exact) mass is 609 g/mol. The van der Waals surface area contributed by atoms with Crippen LogP contribution in [-0.4, -0.2) is 36.7 Å². The van der Waals surface area contributed by atoms with E-state index in [4.69, 9.17) is 9.47 Å². The van der Waals surface area contributed by atoms with Crippen LogP contribution in [0.25, 0.3) is 0 Å². The van der Waals surface area contributed by atoms with Crippen LogP contribution in [0, 0.1) is 23.7 Å². The minimum Gasteiger partial charge on any atom is -0.490 e. The summed E-state index contributed by atoms with van der Waals surface area (Å²) in [5, 5.41) is 0. The summed E-state index contributed by atoms with van der Waals surface area (Å²) in [6.07, 6.45) is -4.12. The number of carbonyl (C=O) groups is 1. The fourth-order valence-corrected chi connectivity index (χ4v) is 8.15. The lowest BCUT2D eigenvalue weighted by Crippen LogP contribution is -2.43. The third-order valence-corrected chi connectivity index (χ3v) is 10.4. The number of piperidine rings is 1. The SMILES string of the molecule is COC(=O)[C@@H](C)[C@H](c1ccc2c(c1)OC(C1CC3CC1CN3C(C)c1cc(C(F)(F)F)ccc1C(F)(F)F)CC2)C1CC1. The molecule has 2 aromatic rings. The van der Waals surface area contributed by atoms with Gasteiger partial charge in [-0.15, -0.1) is 0 Å². The summed E-state index contributed by atoms with van der Waals surface area (Å²) < 4.78 is 93.4. The van der Waals surface area contributed by atoms with E-state index in [1.807, 2.05) is 11.8 Å². The van der Waals surface area contributed by atoms with Crippen LogP contribution in [0.1, 0.15) is 85.7 Å². The van der Waals surface area contributed by atoms with E-state index in [2.05, 4.69) is 18.2 Å². The van der Waals surface area contributed by atoms with E-state index in [1.165, 1.54) is 7.11 Å². The molecule has 0 aromatic heterocycles. The minimum absolute atomic E-state index is 0.0166. The summed E-state index contributed by atoms with van der Waals surface area (Å²) in [5.74, 6) is 1.28. The maximum atomic E-state index is 13.8. The molecule has 2 bridgehead atoms. The Balaban J connectivity index is 1.17. The van der Waals surface area contributed by atoms with E-state index in [-0.39, 0.29) is 47.4 Å². The highest BCUT2D eigenvalue weighted by Gasteiger charge is 2.51. The first-order valence-corrected chi connectivity index (χ1v) is 15.2. The van der Waals surface area contributed by atoms with E-state index in [0.717, 1.165) is 55.4 Å². The van der Waals surface area contributed by atoms with Gasteiger partial charge in [0.25, 0.3) is 0 Å². The molecule has 0 N–H and O–H groups in total. The van der Waals surface area contributed by atoms with E-state index in [9.17, 15) is 31.1 Å². The summed E-state index contributed by atoms with van der Waals surface area (Å²) in [6, 6.07) is 7.20. The number of carbonyl (C=O) groups excluding carboxylic acids is 1. The number of halogens is 6. The summed E-state index contributed by atoms with van der Waals surface area (Å²) in [4.78, 5) is 14.3. The van der Waals surface area contributed by atoms with Gasteiger partial charge in [-0.3, -0.25) is 9.69 Å². The molecule has 10 heteroatoms. The van der Waals surface area contributed by atoms with Crippen molar-refractivity contribution in [2.45, 2.75) is 88.8 Å². The second kappa shape index (κ2) is 11.0. The van der Waals surface area contributed by atoms with Gasteiger partial charge in [-0.1, -0.05) is 19.1 Å². The molecule has 6 rings (SSSR count). The van der Waals surface area contributed by atoms with E-state index < -0.39 is 29.5 Å². The van der Waals surface area contributed by atoms with Crippen LogP contribution in [0.15, 0.2) is 36.4 Å². The number of esters is 1. The zero-order valence-electron chi connectivity index (χ0n) is 24.5. The van der Waals surface area contributed by atoms with Crippen LogP contribution in [-0.2, 0) is 28.3 Å². The van der Waals surface area contributed by atoms with Crippen molar-refractivity contribution in [3.8, 4) is 5.75 Å². The van der Waals surface area contributed by atoms with Gasteiger partial charge in [0.15, 0.2) is 0 Å². The summed E-state index contributed by atoms with van der Waals surface area (Å²) in [5.41, 5.74) is -0.199. The Hall–Kier alpha value is -2.75. The Bertz CT molecular complexity index is 1370. The molecule has 5 unspecified atom stereocenters. The molecular formula is C33H37F6NO3. The molecular weight excluding hydrogens is 572 g/mol. The number of hydrogen-bond acceptors (Lipinski definition) is 4. The molecule has 0 spiro atoms. The number of nitrogens with zero attached hydrogens (tertiary/aromatic N) is 1. The quantitative estimate of drug-likeness (QED) is 0.234. The Labute approximate surface area is 247 Å². The molecule has 2 aromatic carbocycles. The van der Waals surface area contributed by atoms with Crippen molar-refractivity contribution in [2.24, 2.45) is 23.7 Å². The fraction of sp³-hybridized carbons (Fsp3) is 0.606. The number of alkyl halides is 6.